The van der Waals surface area contributed by atoms with Gasteiger partial charge in [-0.2, -0.15) is 5.26 Å². The monoisotopic (exact) mass is 429 g/mol. The van der Waals surface area contributed by atoms with E-state index < -0.39 is 0 Å². The van der Waals surface area contributed by atoms with Crippen molar-refractivity contribution in [2.24, 2.45) is 5.92 Å². The van der Waals surface area contributed by atoms with Crippen LogP contribution in [0, 0.1) is 24.2 Å². The lowest BCUT2D eigenvalue weighted by molar-refractivity contribution is -0.113. The van der Waals surface area contributed by atoms with Crippen molar-refractivity contribution in [3.63, 3.8) is 0 Å². The van der Waals surface area contributed by atoms with Crippen molar-refractivity contribution in [3.05, 3.63) is 21.8 Å². The zero-order chi connectivity index (χ0) is 20.4. The van der Waals surface area contributed by atoms with E-state index in [-0.39, 0.29) is 11.7 Å². The first-order chi connectivity index (χ1) is 14.1. The van der Waals surface area contributed by atoms with Gasteiger partial charge in [-0.3, -0.25) is 4.79 Å². The predicted molar refractivity (Wildman–Crippen MR) is 116 cm³/mol. The molecule has 2 aliphatic carbocycles. The number of thiophene rings is 1. The van der Waals surface area contributed by atoms with Gasteiger partial charge in [-0.25, -0.2) is 0 Å². The van der Waals surface area contributed by atoms with Crippen molar-refractivity contribution in [1.82, 2.24) is 14.8 Å². The molecule has 0 spiro atoms. The smallest absolute Gasteiger partial charge is 0.235 e. The molecule has 6 nitrogen and oxygen atoms in total. The van der Waals surface area contributed by atoms with Gasteiger partial charge < -0.3 is 9.88 Å². The fourth-order valence-corrected chi connectivity index (χ4v) is 6.69. The minimum Gasteiger partial charge on any atom is -0.316 e. The van der Waals surface area contributed by atoms with Gasteiger partial charge in [-0.15, -0.1) is 21.5 Å². The van der Waals surface area contributed by atoms with E-state index in [1.54, 1.807) is 11.3 Å². The third kappa shape index (κ3) is 4.36. The molecule has 0 aliphatic heterocycles. The van der Waals surface area contributed by atoms with Crippen LogP contribution >= 0.6 is 23.1 Å². The highest BCUT2D eigenvalue weighted by atomic mass is 32.2. The SMILES string of the molecule is Cc1nnc(SCC(=O)Nc2sc3c(c2C#N)CCC(C)C3)n1C1CCCCC1. The lowest BCUT2D eigenvalue weighted by Crippen LogP contribution is -2.17. The van der Waals surface area contributed by atoms with Crippen LogP contribution in [0.2, 0.25) is 0 Å². The summed E-state index contributed by atoms with van der Waals surface area (Å²) in [6.07, 6.45) is 9.14. The van der Waals surface area contributed by atoms with Crippen molar-refractivity contribution in [3.8, 4) is 6.07 Å². The fraction of sp³-hybridized carbons (Fsp3) is 0.619. The molecule has 1 amide bonds. The first-order valence-corrected chi connectivity index (χ1v) is 12.3. The molecule has 1 saturated carbocycles. The molecule has 4 rings (SSSR count). The topological polar surface area (TPSA) is 83.6 Å². The van der Waals surface area contributed by atoms with Crippen LogP contribution in [0.3, 0.4) is 0 Å². The Kier molecular flexibility index (Phi) is 6.26. The fourth-order valence-electron chi connectivity index (χ4n) is 4.46. The van der Waals surface area contributed by atoms with Crippen LogP contribution < -0.4 is 5.32 Å². The van der Waals surface area contributed by atoms with Crippen LogP contribution in [0.4, 0.5) is 5.00 Å². The number of anilines is 1. The lowest BCUT2D eigenvalue weighted by atomic mass is 9.89. The number of nitrogens with zero attached hydrogens (tertiary/aromatic N) is 4. The van der Waals surface area contributed by atoms with Gasteiger partial charge in [-0.1, -0.05) is 37.9 Å². The van der Waals surface area contributed by atoms with Crippen LogP contribution in [0.1, 0.15) is 73.3 Å². The molecule has 8 heteroatoms. The maximum Gasteiger partial charge on any atom is 0.235 e. The Labute approximate surface area is 180 Å². The second-order valence-electron chi connectivity index (χ2n) is 8.20. The molecule has 29 heavy (non-hydrogen) atoms. The number of aromatic nitrogens is 3. The molecular weight excluding hydrogens is 402 g/mol. The molecule has 1 fully saturated rings. The van der Waals surface area contributed by atoms with Crippen molar-refractivity contribution in [1.29, 1.82) is 5.26 Å². The van der Waals surface area contributed by atoms with E-state index in [1.807, 2.05) is 6.92 Å². The maximum absolute atomic E-state index is 12.6. The molecule has 2 aromatic rings. The summed E-state index contributed by atoms with van der Waals surface area (Å²) in [5.74, 6) is 1.75. The molecule has 1 unspecified atom stereocenters. The highest BCUT2D eigenvalue weighted by Crippen LogP contribution is 2.39. The normalized spacial score (nSPS) is 19.6. The number of aryl methyl sites for hydroxylation is 1. The molecule has 2 heterocycles. The van der Waals surface area contributed by atoms with Crippen LogP contribution in [-0.4, -0.2) is 26.4 Å². The molecule has 2 aromatic heterocycles. The summed E-state index contributed by atoms with van der Waals surface area (Å²) < 4.78 is 2.21. The number of hydrogen-bond donors (Lipinski definition) is 1. The van der Waals surface area contributed by atoms with Crippen molar-refractivity contribution in [2.45, 2.75) is 76.4 Å². The van der Waals surface area contributed by atoms with E-state index >= 15 is 0 Å². The minimum absolute atomic E-state index is 0.0889. The Morgan fingerprint density at radius 3 is 2.86 bits per heavy atom. The van der Waals surface area contributed by atoms with Gasteiger partial charge in [0, 0.05) is 10.9 Å². The second kappa shape index (κ2) is 8.88. The Morgan fingerprint density at radius 2 is 2.10 bits per heavy atom. The van der Waals surface area contributed by atoms with Gasteiger partial charge in [-0.05, 0) is 50.5 Å². The first kappa shape index (κ1) is 20.4. The van der Waals surface area contributed by atoms with Gasteiger partial charge in [0.1, 0.15) is 16.9 Å². The number of hydrogen-bond acceptors (Lipinski definition) is 6. The molecule has 154 valence electrons. The molecule has 0 bridgehead atoms. The van der Waals surface area contributed by atoms with Crippen LogP contribution in [-0.2, 0) is 17.6 Å². The number of rotatable bonds is 5. The average molecular weight is 430 g/mol. The number of nitrogens with one attached hydrogen (secondary N) is 1. The molecule has 0 saturated heterocycles. The number of nitriles is 1. The number of carbonyl (C=O) groups excluding carboxylic acids is 1. The standard InChI is InChI=1S/C21H27N5OS2/c1-13-8-9-16-17(11-22)20(29-18(16)10-13)23-19(27)12-28-21-25-24-14(2)26(21)15-6-4-3-5-7-15/h13,15H,3-10,12H2,1-2H3,(H,23,27). The molecular formula is C21H27N5OS2. The maximum atomic E-state index is 12.6. The van der Waals surface area contributed by atoms with Gasteiger partial charge in [0.05, 0.1) is 11.3 Å². The van der Waals surface area contributed by atoms with Crippen molar-refractivity contribution < 1.29 is 4.79 Å². The Hall–Kier alpha value is -1.85. The second-order valence-corrected chi connectivity index (χ2v) is 10.2. The first-order valence-electron chi connectivity index (χ1n) is 10.5. The van der Waals surface area contributed by atoms with Gasteiger partial charge in [0.15, 0.2) is 5.16 Å². The van der Waals surface area contributed by atoms with E-state index in [0.29, 0.717) is 22.5 Å². The van der Waals surface area contributed by atoms with Crippen LogP contribution in [0.15, 0.2) is 5.16 Å². The zero-order valence-corrected chi connectivity index (χ0v) is 18.7. The molecule has 0 radical (unpaired) electrons. The summed E-state index contributed by atoms with van der Waals surface area (Å²) in [6, 6.07) is 2.76. The van der Waals surface area contributed by atoms with Crippen molar-refractivity contribution >= 4 is 34.0 Å². The summed E-state index contributed by atoms with van der Waals surface area (Å²) in [7, 11) is 0. The van der Waals surface area contributed by atoms with Gasteiger partial charge in [0.25, 0.3) is 0 Å². The van der Waals surface area contributed by atoms with Crippen molar-refractivity contribution in [2.75, 3.05) is 11.1 Å². The minimum atomic E-state index is -0.0889. The highest BCUT2D eigenvalue weighted by Gasteiger charge is 2.25. The molecule has 1 N–H and O–H groups in total. The van der Waals surface area contributed by atoms with Gasteiger partial charge >= 0.3 is 0 Å². The summed E-state index contributed by atoms with van der Waals surface area (Å²) >= 11 is 3.01. The van der Waals surface area contributed by atoms with E-state index in [1.165, 1.54) is 35.9 Å². The Bertz CT molecular complexity index is 936. The third-order valence-corrected chi connectivity index (χ3v) is 8.10. The molecule has 1 atom stereocenters. The number of amides is 1. The third-order valence-electron chi connectivity index (χ3n) is 5.98. The van der Waals surface area contributed by atoms with E-state index in [2.05, 4.69) is 33.1 Å². The number of fused-ring (bicyclic) bond motifs is 1. The number of thioether (sulfide) groups is 1. The van der Waals surface area contributed by atoms with E-state index in [9.17, 15) is 10.1 Å². The Morgan fingerprint density at radius 1 is 1.31 bits per heavy atom. The quantitative estimate of drug-likeness (QED) is 0.685. The van der Waals surface area contributed by atoms with E-state index in [0.717, 1.165) is 48.6 Å². The summed E-state index contributed by atoms with van der Waals surface area (Å²) in [5, 5.41) is 22.7. The largest absolute Gasteiger partial charge is 0.316 e. The summed E-state index contributed by atoms with van der Waals surface area (Å²) in [4.78, 5) is 13.9. The predicted octanol–water partition coefficient (Wildman–Crippen LogP) is 4.88. The number of carbonyl (C=O) groups is 1. The van der Waals surface area contributed by atoms with Crippen LogP contribution in [0.5, 0.6) is 0 Å². The zero-order valence-electron chi connectivity index (χ0n) is 17.0. The van der Waals surface area contributed by atoms with Gasteiger partial charge in [0.2, 0.25) is 5.91 Å². The highest BCUT2D eigenvalue weighted by molar-refractivity contribution is 7.99. The summed E-state index contributed by atoms with van der Waals surface area (Å²) in [5.41, 5.74) is 1.81. The molecule has 2 aliphatic rings. The Balaban J connectivity index is 1.42. The summed E-state index contributed by atoms with van der Waals surface area (Å²) in [6.45, 7) is 4.23. The average Bonchev–Trinajstić information content (AvgIpc) is 3.25. The lowest BCUT2D eigenvalue weighted by Gasteiger charge is -2.24. The molecule has 0 aromatic carbocycles. The van der Waals surface area contributed by atoms with Crippen LogP contribution in [0.25, 0.3) is 0 Å². The van der Waals surface area contributed by atoms with E-state index in [4.69, 9.17) is 0 Å².